The van der Waals surface area contributed by atoms with Gasteiger partial charge >= 0.3 is 0 Å². The molecule has 0 aliphatic rings. The van der Waals surface area contributed by atoms with Crippen LogP contribution >= 0.6 is 11.3 Å². The van der Waals surface area contributed by atoms with E-state index in [-0.39, 0.29) is 6.04 Å². The molecule has 0 aliphatic carbocycles. The van der Waals surface area contributed by atoms with Gasteiger partial charge in [0.2, 0.25) is 0 Å². The number of aryl methyl sites for hydroxylation is 3. The zero-order valence-electron chi connectivity index (χ0n) is 12.6. The first-order valence-electron chi connectivity index (χ1n) is 6.86. The van der Waals surface area contributed by atoms with Crippen LogP contribution in [0.4, 0.5) is 0 Å². The Balaban J connectivity index is 2.12. The Morgan fingerprint density at radius 1 is 1.30 bits per heavy atom. The molecule has 0 radical (unpaired) electrons. The summed E-state index contributed by atoms with van der Waals surface area (Å²) in [7, 11) is 0. The number of hydrogen-bond acceptors (Lipinski definition) is 4. The Bertz CT molecular complexity index is 571. The lowest BCUT2D eigenvalue weighted by Crippen LogP contribution is -2.18. The first-order chi connectivity index (χ1) is 9.45. The van der Waals surface area contributed by atoms with Crippen LogP contribution in [-0.4, -0.2) is 11.0 Å². The molecule has 0 spiro atoms. The summed E-state index contributed by atoms with van der Waals surface area (Å²) in [4.78, 5) is 5.76. The maximum Gasteiger partial charge on any atom is 0.140 e. The second-order valence-corrected chi connectivity index (χ2v) is 6.62. The molecule has 0 bridgehead atoms. The van der Waals surface area contributed by atoms with Gasteiger partial charge in [-0.1, -0.05) is 17.7 Å². The third-order valence-corrected chi connectivity index (χ3v) is 4.23. The SMILES string of the molecule is Cc1ccc(OCc2nc(C)c(C)s2)c(CC(C)N)c1. The van der Waals surface area contributed by atoms with Gasteiger partial charge in [0, 0.05) is 10.9 Å². The van der Waals surface area contributed by atoms with Gasteiger partial charge in [-0.25, -0.2) is 4.98 Å². The van der Waals surface area contributed by atoms with Gasteiger partial charge in [-0.2, -0.15) is 0 Å². The molecule has 0 saturated carbocycles. The molecule has 0 saturated heterocycles. The molecule has 1 aromatic heterocycles. The van der Waals surface area contributed by atoms with E-state index in [0.29, 0.717) is 6.61 Å². The number of aromatic nitrogens is 1. The van der Waals surface area contributed by atoms with Crippen molar-refractivity contribution >= 4 is 11.3 Å². The number of thiazole rings is 1. The van der Waals surface area contributed by atoms with Crippen LogP contribution in [0.2, 0.25) is 0 Å². The summed E-state index contributed by atoms with van der Waals surface area (Å²) in [5.41, 5.74) is 9.40. The summed E-state index contributed by atoms with van der Waals surface area (Å²) in [6.07, 6.45) is 0.826. The minimum Gasteiger partial charge on any atom is -0.486 e. The van der Waals surface area contributed by atoms with Crippen LogP contribution in [0.5, 0.6) is 5.75 Å². The predicted molar refractivity (Wildman–Crippen MR) is 84.5 cm³/mol. The van der Waals surface area contributed by atoms with Crippen LogP contribution in [0.3, 0.4) is 0 Å². The maximum absolute atomic E-state index is 5.94. The molecule has 2 rings (SSSR count). The van der Waals surface area contributed by atoms with Crippen molar-refractivity contribution < 1.29 is 4.74 Å². The second-order valence-electron chi connectivity index (χ2n) is 5.33. The lowest BCUT2D eigenvalue weighted by Gasteiger charge is -2.13. The Morgan fingerprint density at radius 2 is 2.05 bits per heavy atom. The van der Waals surface area contributed by atoms with Gasteiger partial charge in [-0.05, 0) is 45.7 Å². The van der Waals surface area contributed by atoms with Gasteiger partial charge in [-0.15, -0.1) is 11.3 Å². The minimum atomic E-state index is 0.128. The van der Waals surface area contributed by atoms with Gasteiger partial charge in [0.1, 0.15) is 17.4 Å². The van der Waals surface area contributed by atoms with Crippen molar-refractivity contribution in [3.05, 3.63) is 44.9 Å². The Labute approximate surface area is 124 Å². The molecular formula is C16H22N2OS. The number of nitrogens with zero attached hydrogens (tertiary/aromatic N) is 1. The van der Waals surface area contributed by atoms with Crippen LogP contribution < -0.4 is 10.5 Å². The van der Waals surface area contributed by atoms with Crippen molar-refractivity contribution in [3.8, 4) is 5.75 Å². The summed E-state index contributed by atoms with van der Waals surface area (Å²) in [6.45, 7) is 8.74. The van der Waals surface area contributed by atoms with E-state index in [1.807, 2.05) is 19.9 Å². The zero-order valence-corrected chi connectivity index (χ0v) is 13.4. The number of ether oxygens (including phenoxy) is 1. The molecule has 1 aromatic carbocycles. The Hall–Kier alpha value is -1.39. The summed E-state index contributed by atoms with van der Waals surface area (Å²) in [6, 6.07) is 6.37. The lowest BCUT2D eigenvalue weighted by atomic mass is 10.0. The highest BCUT2D eigenvalue weighted by Gasteiger charge is 2.09. The highest BCUT2D eigenvalue weighted by atomic mass is 32.1. The van der Waals surface area contributed by atoms with Crippen LogP contribution in [0.1, 0.15) is 33.6 Å². The van der Waals surface area contributed by atoms with Gasteiger partial charge in [0.25, 0.3) is 0 Å². The average molecular weight is 290 g/mol. The van der Waals surface area contributed by atoms with E-state index in [1.54, 1.807) is 11.3 Å². The largest absolute Gasteiger partial charge is 0.486 e. The molecule has 20 heavy (non-hydrogen) atoms. The van der Waals surface area contributed by atoms with E-state index in [0.717, 1.165) is 22.9 Å². The highest BCUT2D eigenvalue weighted by molar-refractivity contribution is 7.11. The molecule has 2 aromatic rings. The monoisotopic (exact) mass is 290 g/mol. The van der Waals surface area contributed by atoms with Crippen molar-refractivity contribution in [1.29, 1.82) is 0 Å². The van der Waals surface area contributed by atoms with Crippen molar-refractivity contribution in [2.75, 3.05) is 0 Å². The van der Waals surface area contributed by atoms with Crippen molar-refractivity contribution in [1.82, 2.24) is 4.98 Å². The Kier molecular flexibility index (Phi) is 4.78. The first kappa shape index (κ1) is 15.0. The van der Waals surface area contributed by atoms with E-state index in [1.165, 1.54) is 16.0 Å². The molecule has 0 fully saturated rings. The minimum absolute atomic E-state index is 0.128. The van der Waals surface area contributed by atoms with Gasteiger partial charge in [0.05, 0.1) is 5.69 Å². The number of hydrogen-bond donors (Lipinski definition) is 1. The lowest BCUT2D eigenvalue weighted by molar-refractivity contribution is 0.301. The highest BCUT2D eigenvalue weighted by Crippen LogP contribution is 2.24. The number of nitrogens with two attached hydrogens (primary N) is 1. The molecule has 4 heteroatoms. The molecule has 0 amide bonds. The summed E-state index contributed by atoms with van der Waals surface area (Å²) >= 11 is 1.70. The summed E-state index contributed by atoms with van der Waals surface area (Å²) < 4.78 is 5.94. The summed E-state index contributed by atoms with van der Waals surface area (Å²) in [5.74, 6) is 0.915. The molecular weight excluding hydrogens is 268 g/mol. The molecule has 1 heterocycles. The third-order valence-electron chi connectivity index (χ3n) is 3.18. The number of benzene rings is 1. The zero-order chi connectivity index (χ0) is 14.7. The molecule has 108 valence electrons. The number of rotatable bonds is 5. The van der Waals surface area contributed by atoms with E-state index in [9.17, 15) is 0 Å². The molecule has 1 unspecified atom stereocenters. The second kappa shape index (κ2) is 6.37. The third kappa shape index (κ3) is 3.81. The van der Waals surface area contributed by atoms with E-state index in [4.69, 9.17) is 10.5 Å². The van der Waals surface area contributed by atoms with Gasteiger partial charge in [-0.3, -0.25) is 0 Å². The average Bonchev–Trinajstić information content (AvgIpc) is 2.67. The van der Waals surface area contributed by atoms with Crippen LogP contribution in [-0.2, 0) is 13.0 Å². The molecule has 0 aliphatic heterocycles. The normalized spacial score (nSPS) is 12.4. The van der Waals surface area contributed by atoms with Gasteiger partial charge in [0.15, 0.2) is 0 Å². The molecule has 1 atom stereocenters. The van der Waals surface area contributed by atoms with E-state index < -0.39 is 0 Å². The van der Waals surface area contributed by atoms with Crippen LogP contribution in [0.15, 0.2) is 18.2 Å². The fourth-order valence-corrected chi connectivity index (χ4v) is 2.94. The van der Waals surface area contributed by atoms with Crippen LogP contribution in [0, 0.1) is 20.8 Å². The molecule has 3 nitrogen and oxygen atoms in total. The fourth-order valence-electron chi connectivity index (χ4n) is 2.10. The summed E-state index contributed by atoms with van der Waals surface area (Å²) in [5, 5.41) is 1.02. The molecule has 2 N–H and O–H groups in total. The van der Waals surface area contributed by atoms with Gasteiger partial charge < -0.3 is 10.5 Å². The quantitative estimate of drug-likeness (QED) is 0.916. The van der Waals surface area contributed by atoms with Crippen molar-refractivity contribution in [2.45, 2.75) is 46.8 Å². The topological polar surface area (TPSA) is 48.1 Å². The fraction of sp³-hybridized carbons (Fsp3) is 0.438. The first-order valence-corrected chi connectivity index (χ1v) is 7.68. The van der Waals surface area contributed by atoms with Crippen molar-refractivity contribution in [2.24, 2.45) is 5.73 Å². The van der Waals surface area contributed by atoms with Crippen molar-refractivity contribution in [3.63, 3.8) is 0 Å². The maximum atomic E-state index is 5.94. The predicted octanol–water partition coefficient (Wildman–Crippen LogP) is 3.54. The standard InChI is InChI=1S/C16H22N2OS/c1-10-5-6-15(14(7-10)8-11(2)17)19-9-16-18-12(3)13(4)20-16/h5-7,11H,8-9,17H2,1-4H3. The smallest absolute Gasteiger partial charge is 0.140 e. The van der Waals surface area contributed by atoms with E-state index >= 15 is 0 Å². The van der Waals surface area contributed by atoms with E-state index in [2.05, 4.69) is 31.0 Å². The Morgan fingerprint density at radius 3 is 2.65 bits per heavy atom. The van der Waals surface area contributed by atoms with Crippen LogP contribution in [0.25, 0.3) is 0 Å².